The lowest BCUT2D eigenvalue weighted by Gasteiger charge is -2.07. The van der Waals surface area contributed by atoms with Gasteiger partial charge in [-0.25, -0.2) is 0 Å². The summed E-state index contributed by atoms with van der Waals surface area (Å²) in [5.41, 5.74) is 0.971. The van der Waals surface area contributed by atoms with Crippen molar-refractivity contribution in [3.05, 3.63) is 52.4 Å². The normalized spacial score (nSPS) is 11.0. The highest BCUT2D eigenvalue weighted by atomic mass is 35.5. The molecule has 1 aromatic heterocycles. The summed E-state index contributed by atoms with van der Waals surface area (Å²) in [4.78, 5) is 25.2. The summed E-state index contributed by atoms with van der Waals surface area (Å²) < 4.78 is 0. The standard InChI is InChI=1S/C18H19ClN2O2S/c1-12(2)21-18(23)11-20-17(22)10-8-13-7-9-16(24-13)14-5-3-4-6-15(14)19/h3-10,12H,11H2,1-2H3,(H,20,22)(H,21,23)/b10-8+. The molecule has 0 bridgehead atoms. The third kappa shape index (κ3) is 5.51. The fourth-order valence-electron chi connectivity index (χ4n) is 2.01. The lowest BCUT2D eigenvalue weighted by Crippen LogP contribution is -2.39. The molecule has 0 radical (unpaired) electrons. The van der Waals surface area contributed by atoms with E-state index in [2.05, 4.69) is 10.6 Å². The van der Waals surface area contributed by atoms with E-state index in [0.29, 0.717) is 5.02 Å². The second-order valence-corrected chi connectivity index (χ2v) is 6.98. The van der Waals surface area contributed by atoms with Crippen LogP contribution in [0.5, 0.6) is 0 Å². The van der Waals surface area contributed by atoms with E-state index in [0.717, 1.165) is 15.3 Å². The molecule has 0 aliphatic carbocycles. The van der Waals surface area contributed by atoms with E-state index in [1.165, 1.54) is 6.08 Å². The third-order valence-electron chi connectivity index (χ3n) is 3.04. The predicted molar refractivity (Wildman–Crippen MR) is 100 cm³/mol. The number of carbonyl (C=O) groups excluding carboxylic acids is 2. The van der Waals surface area contributed by atoms with Crippen LogP contribution in [0, 0.1) is 0 Å². The summed E-state index contributed by atoms with van der Waals surface area (Å²) in [5, 5.41) is 5.96. The summed E-state index contributed by atoms with van der Waals surface area (Å²) in [5.74, 6) is -0.509. The van der Waals surface area contributed by atoms with Crippen molar-refractivity contribution in [3.8, 4) is 10.4 Å². The van der Waals surface area contributed by atoms with Crippen LogP contribution in [0.25, 0.3) is 16.5 Å². The first-order chi connectivity index (χ1) is 11.5. The Kier molecular flexibility index (Phi) is 6.58. The Morgan fingerprint density at radius 2 is 1.96 bits per heavy atom. The van der Waals surface area contributed by atoms with Crippen LogP contribution in [-0.4, -0.2) is 24.4 Å². The molecular weight excluding hydrogens is 344 g/mol. The van der Waals surface area contributed by atoms with Crippen LogP contribution in [0.2, 0.25) is 5.02 Å². The molecule has 1 heterocycles. The van der Waals surface area contributed by atoms with E-state index in [-0.39, 0.29) is 24.4 Å². The van der Waals surface area contributed by atoms with E-state index in [9.17, 15) is 9.59 Å². The lowest BCUT2D eigenvalue weighted by atomic mass is 10.2. The van der Waals surface area contributed by atoms with Gasteiger partial charge in [0.15, 0.2) is 0 Å². The van der Waals surface area contributed by atoms with Crippen molar-refractivity contribution in [1.82, 2.24) is 10.6 Å². The number of halogens is 1. The summed E-state index contributed by atoms with van der Waals surface area (Å²) in [7, 11) is 0. The van der Waals surface area contributed by atoms with Gasteiger partial charge in [-0.2, -0.15) is 0 Å². The number of carbonyl (C=O) groups is 2. The molecule has 0 unspecified atom stereocenters. The molecule has 1 aromatic carbocycles. The molecule has 0 saturated heterocycles. The molecule has 4 nitrogen and oxygen atoms in total. The Hall–Kier alpha value is -2.11. The molecule has 0 fully saturated rings. The number of hydrogen-bond donors (Lipinski definition) is 2. The van der Waals surface area contributed by atoms with Gasteiger partial charge in [0.05, 0.1) is 6.54 Å². The van der Waals surface area contributed by atoms with Gasteiger partial charge in [0, 0.05) is 32.5 Å². The minimum absolute atomic E-state index is 0.0311. The number of nitrogens with one attached hydrogen (secondary N) is 2. The molecule has 0 saturated carbocycles. The van der Waals surface area contributed by atoms with Gasteiger partial charge in [-0.3, -0.25) is 9.59 Å². The number of hydrogen-bond acceptors (Lipinski definition) is 3. The van der Waals surface area contributed by atoms with Gasteiger partial charge in [0.1, 0.15) is 0 Å². The highest BCUT2D eigenvalue weighted by molar-refractivity contribution is 7.16. The maximum Gasteiger partial charge on any atom is 0.244 e. The molecule has 2 amide bonds. The SMILES string of the molecule is CC(C)NC(=O)CNC(=O)/C=C/c1ccc(-c2ccccc2Cl)s1. The Morgan fingerprint density at radius 3 is 2.67 bits per heavy atom. The first kappa shape index (κ1) is 18.2. The summed E-state index contributed by atoms with van der Waals surface area (Å²) >= 11 is 7.73. The summed E-state index contributed by atoms with van der Waals surface area (Å²) in [6.45, 7) is 3.71. The number of benzene rings is 1. The Labute approximate surface area is 150 Å². The zero-order valence-electron chi connectivity index (χ0n) is 13.5. The van der Waals surface area contributed by atoms with Crippen LogP contribution in [-0.2, 0) is 9.59 Å². The van der Waals surface area contributed by atoms with E-state index >= 15 is 0 Å². The fraction of sp³-hybridized carbons (Fsp3) is 0.222. The largest absolute Gasteiger partial charge is 0.352 e. The van der Waals surface area contributed by atoms with Crippen LogP contribution < -0.4 is 10.6 Å². The van der Waals surface area contributed by atoms with Gasteiger partial charge in [-0.05, 0) is 38.1 Å². The Morgan fingerprint density at radius 1 is 1.21 bits per heavy atom. The Balaban J connectivity index is 1.92. The zero-order chi connectivity index (χ0) is 17.5. The molecule has 126 valence electrons. The maximum atomic E-state index is 11.7. The average molecular weight is 363 g/mol. The molecule has 0 aliphatic rings. The molecule has 2 rings (SSSR count). The van der Waals surface area contributed by atoms with E-state index in [1.54, 1.807) is 17.4 Å². The minimum Gasteiger partial charge on any atom is -0.352 e. The zero-order valence-corrected chi connectivity index (χ0v) is 15.1. The predicted octanol–water partition coefficient (Wildman–Crippen LogP) is 3.72. The lowest BCUT2D eigenvalue weighted by molar-refractivity contribution is -0.124. The highest BCUT2D eigenvalue weighted by Crippen LogP contribution is 2.33. The first-order valence-electron chi connectivity index (χ1n) is 7.55. The van der Waals surface area contributed by atoms with Crippen LogP contribution in [0.3, 0.4) is 0 Å². The van der Waals surface area contributed by atoms with Gasteiger partial charge in [0.2, 0.25) is 11.8 Å². The number of amides is 2. The van der Waals surface area contributed by atoms with Gasteiger partial charge < -0.3 is 10.6 Å². The molecule has 6 heteroatoms. The molecule has 24 heavy (non-hydrogen) atoms. The van der Waals surface area contributed by atoms with Crippen molar-refractivity contribution in [2.45, 2.75) is 19.9 Å². The fourth-order valence-corrected chi connectivity index (χ4v) is 3.25. The van der Waals surface area contributed by atoms with Crippen molar-refractivity contribution in [2.24, 2.45) is 0 Å². The van der Waals surface area contributed by atoms with Crippen LogP contribution in [0.1, 0.15) is 18.7 Å². The third-order valence-corrected chi connectivity index (χ3v) is 4.45. The minimum atomic E-state index is -0.304. The molecule has 2 aromatic rings. The second-order valence-electron chi connectivity index (χ2n) is 5.46. The molecule has 2 N–H and O–H groups in total. The van der Waals surface area contributed by atoms with Gasteiger partial charge in [0.25, 0.3) is 0 Å². The van der Waals surface area contributed by atoms with Crippen molar-refractivity contribution in [1.29, 1.82) is 0 Å². The van der Waals surface area contributed by atoms with E-state index in [4.69, 9.17) is 11.6 Å². The highest BCUT2D eigenvalue weighted by Gasteiger charge is 2.06. The maximum absolute atomic E-state index is 11.7. The number of thiophene rings is 1. The second kappa shape index (κ2) is 8.66. The van der Waals surface area contributed by atoms with Crippen molar-refractivity contribution in [3.63, 3.8) is 0 Å². The summed E-state index contributed by atoms with van der Waals surface area (Å²) in [6, 6.07) is 11.6. The topological polar surface area (TPSA) is 58.2 Å². The molecule has 0 aliphatic heterocycles. The smallest absolute Gasteiger partial charge is 0.244 e. The van der Waals surface area contributed by atoms with E-state index < -0.39 is 0 Å². The first-order valence-corrected chi connectivity index (χ1v) is 8.75. The molecule has 0 spiro atoms. The van der Waals surface area contributed by atoms with Crippen LogP contribution in [0.15, 0.2) is 42.5 Å². The number of rotatable bonds is 6. The Bertz CT molecular complexity index is 753. The van der Waals surface area contributed by atoms with Crippen molar-refractivity contribution in [2.75, 3.05) is 6.54 Å². The van der Waals surface area contributed by atoms with Crippen LogP contribution >= 0.6 is 22.9 Å². The molecule has 0 atom stereocenters. The van der Waals surface area contributed by atoms with Crippen LogP contribution in [0.4, 0.5) is 0 Å². The van der Waals surface area contributed by atoms with E-state index in [1.807, 2.05) is 50.2 Å². The quantitative estimate of drug-likeness (QED) is 0.769. The van der Waals surface area contributed by atoms with Crippen molar-refractivity contribution >= 4 is 40.8 Å². The van der Waals surface area contributed by atoms with Crippen molar-refractivity contribution < 1.29 is 9.59 Å². The van der Waals surface area contributed by atoms with Gasteiger partial charge in [-0.15, -0.1) is 11.3 Å². The molecular formula is C18H19ClN2O2S. The monoisotopic (exact) mass is 362 g/mol. The summed E-state index contributed by atoms with van der Waals surface area (Å²) in [6.07, 6.45) is 3.14. The van der Waals surface area contributed by atoms with Gasteiger partial charge in [-0.1, -0.05) is 29.8 Å². The average Bonchev–Trinajstić information content (AvgIpc) is 2.99. The van der Waals surface area contributed by atoms with Gasteiger partial charge >= 0.3 is 0 Å².